The smallest absolute Gasteiger partial charge is 0.221 e. The summed E-state index contributed by atoms with van der Waals surface area (Å²) in [6, 6.07) is 0. The van der Waals surface area contributed by atoms with Gasteiger partial charge in [-0.2, -0.15) is 0 Å². The third kappa shape index (κ3) is 2.72. The van der Waals surface area contributed by atoms with Gasteiger partial charge in [0.2, 0.25) is 5.88 Å². The van der Waals surface area contributed by atoms with Gasteiger partial charge in [-0.15, -0.1) is 0 Å². The molecule has 0 aromatic carbocycles. The summed E-state index contributed by atoms with van der Waals surface area (Å²) in [7, 11) is 1.63. The Hall–Kier alpha value is -1.36. The predicted molar refractivity (Wildman–Crippen MR) is 71.7 cm³/mol. The van der Waals surface area contributed by atoms with Crippen molar-refractivity contribution in [2.75, 3.05) is 25.5 Å². The van der Waals surface area contributed by atoms with E-state index < -0.39 is 0 Å². The Morgan fingerprint density at radius 3 is 2.89 bits per heavy atom. The van der Waals surface area contributed by atoms with Crippen molar-refractivity contribution in [3.63, 3.8) is 0 Å². The minimum absolute atomic E-state index is 0.634. The quantitative estimate of drug-likeness (QED) is 0.830. The molecule has 0 radical (unpaired) electrons. The second kappa shape index (κ2) is 6.00. The molecule has 2 atom stereocenters. The van der Waals surface area contributed by atoms with Crippen LogP contribution >= 0.6 is 0 Å². The van der Waals surface area contributed by atoms with Crippen LogP contribution in [0.15, 0.2) is 6.33 Å². The molecular weight excluding hydrogens is 228 g/mol. The summed E-state index contributed by atoms with van der Waals surface area (Å²) >= 11 is 0. The molecule has 100 valence electrons. The molecule has 1 aliphatic rings. The van der Waals surface area contributed by atoms with Gasteiger partial charge in [0, 0.05) is 6.54 Å². The zero-order valence-electron chi connectivity index (χ0n) is 11.1. The van der Waals surface area contributed by atoms with Crippen molar-refractivity contribution in [3.05, 3.63) is 11.9 Å². The van der Waals surface area contributed by atoms with Crippen LogP contribution in [0.2, 0.25) is 0 Å². The fraction of sp³-hybridized carbons (Fsp3) is 0.692. The van der Waals surface area contributed by atoms with Crippen molar-refractivity contribution in [3.8, 4) is 5.88 Å². The van der Waals surface area contributed by atoms with Crippen molar-refractivity contribution >= 4 is 5.82 Å². The Bertz CT molecular complexity index is 397. The van der Waals surface area contributed by atoms with Crippen molar-refractivity contribution in [2.45, 2.75) is 26.2 Å². The highest BCUT2D eigenvalue weighted by atomic mass is 16.5. The third-order valence-corrected chi connectivity index (χ3v) is 3.88. The van der Waals surface area contributed by atoms with Crippen LogP contribution in [-0.4, -0.2) is 30.2 Å². The lowest BCUT2D eigenvalue weighted by Crippen LogP contribution is -2.24. The fourth-order valence-corrected chi connectivity index (χ4v) is 2.74. The van der Waals surface area contributed by atoms with Gasteiger partial charge in [0.05, 0.1) is 12.7 Å². The van der Waals surface area contributed by atoms with E-state index in [1.807, 2.05) is 6.92 Å². The van der Waals surface area contributed by atoms with Gasteiger partial charge < -0.3 is 15.8 Å². The predicted octanol–water partition coefficient (Wildman–Crippen LogP) is 1.58. The first-order chi connectivity index (χ1) is 8.76. The summed E-state index contributed by atoms with van der Waals surface area (Å²) in [6.45, 7) is 3.69. The molecular formula is C13H22N4O. The molecule has 1 aliphatic carbocycles. The molecule has 0 amide bonds. The summed E-state index contributed by atoms with van der Waals surface area (Å²) in [5.41, 5.74) is 6.76. The molecule has 1 saturated carbocycles. The lowest BCUT2D eigenvalue weighted by Gasteiger charge is -2.19. The number of nitrogens with one attached hydrogen (secondary N) is 1. The van der Waals surface area contributed by atoms with E-state index in [1.165, 1.54) is 25.6 Å². The molecule has 0 bridgehead atoms. The minimum atomic E-state index is 0.634. The SMILES string of the molecule is COc1ncnc(NCC2CCCC2CN)c1C. The van der Waals surface area contributed by atoms with Crippen LogP contribution in [0.3, 0.4) is 0 Å². The molecule has 18 heavy (non-hydrogen) atoms. The van der Waals surface area contributed by atoms with Crippen LogP contribution in [0.25, 0.3) is 0 Å². The number of hydrogen-bond donors (Lipinski definition) is 2. The van der Waals surface area contributed by atoms with E-state index >= 15 is 0 Å². The Balaban J connectivity index is 1.98. The number of nitrogens with zero attached hydrogens (tertiary/aromatic N) is 2. The topological polar surface area (TPSA) is 73.1 Å². The highest BCUT2D eigenvalue weighted by molar-refractivity contribution is 5.47. The van der Waals surface area contributed by atoms with E-state index in [0.717, 1.165) is 24.5 Å². The van der Waals surface area contributed by atoms with Crippen molar-refractivity contribution in [2.24, 2.45) is 17.6 Å². The van der Waals surface area contributed by atoms with Gasteiger partial charge in [-0.25, -0.2) is 9.97 Å². The highest BCUT2D eigenvalue weighted by Crippen LogP contribution is 2.31. The molecule has 2 rings (SSSR count). The average Bonchev–Trinajstić information content (AvgIpc) is 2.85. The molecule has 1 aromatic heterocycles. The van der Waals surface area contributed by atoms with E-state index in [4.69, 9.17) is 10.5 Å². The van der Waals surface area contributed by atoms with Crippen LogP contribution in [0, 0.1) is 18.8 Å². The van der Waals surface area contributed by atoms with Gasteiger partial charge in [0.1, 0.15) is 12.1 Å². The maximum Gasteiger partial charge on any atom is 0.221 e. The zero-order chi connectivity index (χ0) is 13.0. The number of aromatic nitrogens is 2. The number of hydrogen-bond acceptors (Lipinski definition) is 5. The van der Waals surface area contributed by atoms with Crippen LogP contribution in [0.5, 0.6) is 5.88 Å². The number of nitrogens with two attached hydrogens (primary N) is 1. The fourth-order valence-electron chi connectivity index (χ4n) is 2.74. The van der Waals surface area contributed by atoms with E-state index in [1.54, 1.807) is 7.11 Å². The van der Waals surface area contributed by atoms with Gasteiger partial charge in [-0.05, 0) is 38.1 Å². The minimum Gasteiger partial charge on any atom is -0.481 e. The molecule has 0 aliphatic heterocycles. The summed E-state index contributed by atoms with van der Waals surface area (Å²) in [6.07, 6.45) is 5.34. The van der Waals surface area contributed by atoms with Crippen LogP contribution in [0.1, 0.15) is 24.8 Å². The molecule has 1 heterocycles. The van der Waals surface area contributed by atoms with Gasteiger partial charge in [-0.1, -0.05) is 6.42 Å². The molecule has 1 aromatic rings. The van der Waals surface area contributed by atoms with Crippen LogP contribution in [-0.2, 0) is 0 Å². The Morgan fingerprint density at radius 1 is 1.39 bits per heavy atom. The van der Waals surface area contributed by atoms with E-state index in [9.17, 15) is 0 Å². The monoisotopic (exact) mass is 250 g/mol. The number of methoxy groups -OCH3 is 1. The van der Waals surface area contributed by atoms with Crippen LogP contribution in [0.4, 0.5) is 5.82 Å². The van der Waals surface area contributed by atoms with Crippen LogP contribution < -0.4 is 15.8 Å². The lowest BCUT2D eigenvalue weighted by molar-refractivity contribution is 0.393. The molecule has 5 nitrogen and oxygen atoms in total. The zero-order valence-corrected chi connectivity index (χ0v) is 11.1. The standard InChI is InChI=1S/C13H22N4O/c1-9-12(16-8-17-13(9)18-2)15-7-11-5-3-4-10(11)6-14/h8,10-11H,3-7,14H2,1-2H3,(H,15,16,17). The first kappa shape index (κ1) is 13.1. The summed E-state index contributed by atoms with van der Waals surface area (Å²) in [5.74, 6) is 2.82. The van der Waals surface area contributed by atoms with E-state index in [2.05, 4.69) is 15.3 Å². The van der Waals surface area contributed by atoms with Gasteiger partial charge in [0.25, 0.3) is 0 Å². The normalized spacial score (nSPS) is 23.1. The lowest BCUT2D eigenvalue weighted by atomic mass is 9.96. The molecule has 1 fully saturated rings. The summed E-state index contributed by atoms with van der Waals surface area (Å²) in [4.78, 5) is 8.34. The Labute approximate surface area is 108 Å². The van der Waals surface area contributed by atoms with Crippen molar-refractivity contribution in [1.29, 1.82) is 0 Å². The molecule has 0 saturated heterocycles. The molecule has 2 unspecified atom stereocenters. The third-order valence-electron chi connectivity index (χ3n) is 3.88. The van der Waals surface area contributed by atoms with Crippen molar-refractivity contribution < 1.29 is 4.74 Å². The maximum absolute atomic E-state index is 5.80. The molecule has 5 heteroatoms. The molecule has 3 N–H and O–H groups in total. The van der Waals surface area contributed by atoms with Gasteiger partial charge >= 0.3 is 0 Å². The number of rotatable bonds is 5. The largest absolute Gasteiger partial charge is 0.481 e. The Kier molecular flexibility index (Phi) is 4.36. The summed E-state index contributed by atoms with van der Waals surface area (Å²) in [5, 5.41) is 3.41. The van der Waals surface area contributed by atoms with E-state index in [0.29, 0.717) is 17.7 Å². The van der Waals surface area contributed by atoms with Gasteiger partial charge in [-0.3, -0.25) is 0 Å². The highest BCUT2D eigenvalue weighted by Gasteiger charge is 2.25. The first-order valence-corrected chi connectivity index (χ1v) is 6.55. The number of ether oxygens (including phenoxy) is 1. The number of anilines is 1. The van der Waals surface area contributed by atoms with Crippen molar-refractivity contribution in [1.82, 2.24) is 9.97 Å². The maximum atomic E-state index is 5.80. The second-order valence-electron chi connectivity index (χ2n) is 4.92. The van der Waals surface area contributed by atoms with Gasteiger partial charge in [0.15, 0.2) is 0 Å². The Morgan fingerprint density at radius 2 is 2.17 bits per heavy atom. The molecule has 0 spiro atoms. The second-order valence-corrected chi connectivity index (χ2v) is 4.92. The first-order valence-electron chi connectivity index (χ1n) is 6.55. The van der Waals surface area contributed by atoms with E-state index in [-0.39, 0.29) is 0 Å². The average molecular weight is 250 g/mol. The summed E-state index contributed by atoms with van der Waals surface area (Å²) < 4.78 is 5.19.